The van der Waals surface area contributed by atoms with Gasteiger partial charge in [0.25, 0.3) is 0 Å². The topological polar surface area (TPSA) is 70.8 Å². The normalized spacial score (nSPS) is 18.4. The van der Waals surface area contributed by atoms with E-state index in [-0.39, 0.29) is 10.7 Å². The molecule has 90 valence electrons. The van der Waals surface area contributed by atoms with Crippen LogP contribution in [0.5, 0.6) is 0 Å². The molecule has 0 spiro atoms. The average molecular weight is 253 g/mol. The van der Waals surface area contributed by atoms with E-state index in [0.717, 1.165) is 12.8 Å². The Kier molecular flexibility index (Phi) is 3.77. The summed E-state index contributed by atoms with van der Waals surface area (Å²) in [4.78, 5) is 7.83. The summed E-state index contributed by atoms with van der Waals surface area (Å²) >= 11 is 5.69. The van der Waals surface area contributed by atoms with Gasteiger partial charge in [-0.15, -0.1) is 0 Å². The van der Waals surface area contributed by atoms with Gasteiger partial charge in [-0.25, -0.2) is 9.97 Å². The number of hydrogen-bond acceptors (Lipinski definition) is 5. The number of halogens is 1. The maximum Gasteiger partial charge on any atom is 0.224 e. The highest BCUT2D eigenvalue weighted by molar-refractivity contribution is 6.28. The Morgan fingerprint density at radius 3 is 2.94 bits per heavy atom. The fraction of sp³-hybridized carbons (Fsp3) is 0.545. The van der Waals surface area contributed by atoms with Gasteiger partial charge in [-0.2, -0.15) is 5.26 Å². The predicted octanol–water partition coefficient (Wildman–Crippen LogP) is 1.86. The molecule has 6 heteroatoms. The quantitative estimate of drug-likeness (QED) is 0.832. The van der Waals surface area contributed by atoms with Gasteiger partial charge in [-0.1, -0.05) is 0 Å². The number of anilines is 1. The third kappa shape index (κ3) is 3.05. The molecule has 0 bridgehead atoms. The van der Waals surface area contributed by atoms with Crippen LogP contribution in [0.25, 0.3) is 0 Å². The van der Waals surface area contributed by atoms with Crippen molar-refractivity contribution in [1.29, 1.82) is 5.26 Å². The summed E-state index contributed by atoms with van der Waals surface area (Å²) < 4.78 is 5.27. The summed E-state index contributed by atoms with van der Waals surface area (Å²) in [6.07, 6.45) is 3.07. The van der Waals surface area contributed by atoms with Crippen LogP contribution in [0.2, 0.25) is 5.28 Å². The molecule has 0 unspecified atom stereocenters. The lowest BCUT2D eigenvalue weighted by atomic mass is 9.82. The van der Waals surface area contributed by atoms with E-state index in [9.17, 15) is 5.26 Å². The first-order valence-corrected chi connectivity index (χ1v) is 5.83. The van der Waals surface area contributed by atoms with Crippen LogP contribution < -0.4 is 5.32 Å². The highest BCUT2D eigenvalue weighted by Gasteiger charge is 2.32. The van der Waals surface area contributed by atoms with Crippen molar-refractivity contribution in [3.63, 3.8) is 0 Å². The van der Waals surface area contributed by atoms with E-state index in [1.807, 2.05) is 0 Å². The van der Waals surface area contributed by atoms with Crippen LogP contribution in [0.4, 0.5) is 5.82 Å². The third-order valence-electron chi connectivity index (χ3n) is 2.92. The van der Waals surface area contributed by atoms with Gasteiger partial charge in [0.1, 0.15) is 5.82 Å². The molecule has 1 aliphatic heterocycles. The van der Waals surface area contributed by atoms with E-state index in [1.165, 1.54) is 0 Å². The summed E-state index contributed by atoms with van der Waals surface area (Å²) in [5, 5.41) is 12.6. The number of rotatable bonds is 3. The van der Waals surface area contributed by atoms with Crippen molar-refractivity contribution in [3.05, 3.63) is 17.5 Å². The van der Waals surface area contributed by atoms with E-state index in [2.05, 4.69) is 21.4 Å². The zero-order valence-electron chi connectivity index (χ0n) is 9.32. The molecule has 1 aromatic rings. The van der Waals surface area contributed by atoms with Crippen molar-refractivity contribution < 1.29 is 4.74 Å². The molecule has 2 rings (SSSR count). The van der Waals surface area contributed by atoms with Crippen LogP contribution in [0.15, 0.2) is 12.3 Å². The lowest BCUT2D eigenvalue weighted by Gasteiger charge is -2.30. The second-order valence-electron chi connectivity index (χ2n) is 4.07. The highest BCUT2D eigenvalue weighted by Crippen LogP contribution is 2.29. The highest BCUT2D eigenvalue weighted by atomic mass is 35.5. The fourth-order valence-electron chi connectivity index (χ4n) is 1.78. The molecule has 1 saturated heterocycles. The zero-order chi connectivity index (χ0) is 12.1. The Morgan fingerprint density at radius 2 is 2.29 bits per heavy atom. The molecule has 5 nitrogen and oxygen atoms in total. The number of nitriles is 1. The number of nitrogens with one attached hydrogen (secondary N) is 1. The minimum absolute atomic E-state index is 0.202. The molecule has 0 atom stereocenters. The number of aromatic nitrogens is 2. The van der Waals surface area contributed by atoms with Crippen molar-refractivity contribution in [1.82, 2.24) is 9.97 Å². The van der Waals surface area contributed by atoms with Gasteiger partial charge in [0, 0.05) is 26.0 Å². The molecular formula is C11H13ClN4O. The minimum atomic E-state index is -0.365. The Balaban J connectivity index is 1.98. The second-order valence-corrected chi connectivity index (χ2v) is 4.41. The first kappa shape index (κ1) is 12.1. The lowest BCUT2D eigenvalue weighted by Crippen LogP contribution is -2.34. The predicted molar refractivity (Wildman–Crippen MR) is 63.6 cm³/mol. The van der Waals surface area contributed by atoms with Crippen LogP contribution in [-0.4, -0.2) is 29.7 Å². The first-order valence-electron chi connectivity index (χ1n) is 5.46. The van der Waals surface area contributed by atoms with E-state index in [4.69, 9.17) is 16.3 Å². The Morgan fingerprint density at radius 1 is 1.53 bits per heavy atom. The van der Waals surface area contributed by atoms with Gasteiger partial charge in [-0.05, 0) is 30.5 Å². The Labute approximate surface area is 105 Å². The molecule has 1 aromatic heterocycles. The first-order chi connectivity index (χ1) is 8.24. The number of nitrogens with zero attached hydrogens (tertiary/aromatic N) is 3. The molecule has 0 amide bonds. The maximum atomic E-state index is 9.27. The molecule has 1 aliphatic rings. The van der Waals surface area contributed by atoms with Crippen LogP contribution in [-0.2, 0) is 4.74 Å². The summed E-state index contributed by atoms with van der Waals surface area (Å²) in [6, 6.07) is 4.12. The maximum absolute atomic E-state index is 9.27. The van der Waals surface area contributed by atoms with Crippen LogP contribution in [0.3, 0.4) is 0 Å². The molecule has 0 aromatic carbocycles. The van der Waals surface area contributed by atoms with Crippen molar-refractivity contribution in [3.8, 4) is 6.07 Å². The van der Waals surface area contributed by atoms with E-state index >= 15 is 0 Å². The summed E-state index contributed by atoms with van der Waals surface area (Å²) in [6.45, 7) is 1.83. The summed E-state index contributed by atoms with van der Waals surface area (Å²) in [7, 11) is 0. The number of ether oxygens (including phenoxy) is 1. The summed E-state index contributed by atoms with van der Waals surface area (Å²) in [5.74, 6) is 0.645. The molecule has 1 fully saturated rings. The smallest absolute Gasteiger partial charge is 0.224 e. The molecule has 17 heavy (non-hydrogen) atoms. The Hall–Kier alpha value is -1.38. The van der Waals surface area contributed by atoms with E-state index < -0.39 is 0 Å². The summed E-state index contributed by atoms with van der Waals surface area (Å²) in [5.41, 5.74) is -0.365. The molecule has 0 radical (unpaired) electrons. The van der Waals surface area contributed by atoms with Crippen LogP contribution in [0, 0.1) is 16.7 Å². The molecule has 0 aliphatic carbocycles. The van der Waals surface area contributed by atoms with E-state index in [0.29, 0.717) is 25.6 Å². The average Bonchev–Trinajstić information content (AvgIpc) is 2.38. The van der Waals surface area contributed by atoms with Gasteiger partial charge in [-0.3, -0.25) is 0 Å². The van der Waals surface area contributed by atoms with Crippen LogP contribution >= 0.6 is 11.6 Å². The van der Waals surface area contributed by atoms with Crippen molar-refractivity contribution in [2.75, 3.05) is 25.1 Å². The second kappa shape index (κ2) is 5.30. The Bertz CT molecular complexity index is 426. The van der Waals surface area contributed by atoms with Gasteiger partial charge in [0.05, 0.1) is 11.5 Å². The van der Waals surface area contributed by atoms with Gasteiger partial charge >= 0.3 is 0 Å². The minimum Gasteiger partial charge on any atom is -0.381 e. The fourth-order valence-corrected chi connectivity index (χ4v) is 1.93. The number of hydrogen-bond donors (Lipinski definition) is 1. The van der Waals surface area contributed by atoms with Crippen LogP contribution in [0.1, 0.15) is 12.8 Å². The molecule has 1 N–H and O–H groups in total. The SMILES string of the molecule is N#CC1(CNc2ccnc(Cl)n2)CCOCC1. The van der Waals surface area contributed by atoms with Gasteiger partial charge in [0.2, 0.25) is 5.28 Å². The molecular weight excluding hydrogens is 240 g/mol. The largest absolute Gasteiger partial charge is 0.381 e. The monoisotopic (exact) mass is 252 g/mol. The third-order valence-corrected chi connectivity index (χ3v) is 3.10. The van der Waals surface area contributed by atoms with Crippen molar-refractivity contribution in [2.45, 2.75) is 12.8 Å². The van der Waals surface area contributed by atoms with Crippen molar-refractivity contribution >= 4 is 17.4 Å². The van der Waals surface area contributed by atoms with E-state index in [1.54, 1.807) is 12.3 Å². The zero-order valence-corrected chi connectivity index (χ0v) is 10.1. The molecule has 2 heterocycles. The molecule has 0 saturated carbocycles. The standard InChI is InChI=1S/C11H13ClN4O/c12-10-14-4-1-9(16-10)15-8-11(7-13)2-5-17-6-3-11/h1,4H,2-3,5-6,8H2,(H,14,15,16). The van der Waals surface area contributed by atoms with Gasteiger partial charge in [0.15, 0.2) is 0 Å². The van der Waals surface area contributed by atoms with Gasteiger partial charge < -0.3 is 10.1 Å². The lowest BCUT2D eigenvalue weighted by molar-refractivity contribution is 0.0455. The van der Waals surface area contributed by atoms with Crippen molar-refractivity contribution in [2.24, 2.45) is 5.41 Å².